The van der Waals surface area contributed by atoms with Gasteiger partial charge in [-0.3, -0.25) is 15.6 Å². The molecule has 1 amide bonds. The van der Waals surface area contributed by atoms with Crippen LogP contribution in [0.4, 0.5) is 0 Å². The maximum atomic E-state index is 12.9. The zero-order valence-corrected chi connectivity index (χ0v) is 17.5. The molecule has 158 valence electrons. The molecule has 4 rings (SSSR count). The molecule has 2 aromatic carbocycles. The van der Waals surface area contributed by atoms with E-state index in [2.05, 4.69) is 23.0 Å². The molecule has 2 N–H and O–H groups in total. The molecule has 0 saturated carbocycles. The summed E-state index contributed by atoms with van der Waals surface area (Å²) in [6.07, 6.45) is 5.04. The summed E-state index contributed by atoms with van der Waals surface area (Å²) in [5.74, 6) is -0.392. The number of fused-ring (bicyclic) bond motifs is 1. The van der Waals surface area contributed by atoms with Crippen molar-refractivity contribution in [1.29, 1.82) is 0 Å². The van der Waals surface area contributed by atoms with Gasteiger partial charge >= 0.3 is 0 Å². The van der Waals surface area contributed by atoms with Crippen LogP contribution in [0, 0.1) is 0 Å². The number of amides is 1. The fourth-order valence-corrected chi connectivity index (χ4v) is 5.15. The average Bonchev–Trinajstić information content (AvgIpc) is 3.00. The van der Waals surface area contributed by atoms with Crippen LogP contribution in [0.15, 0.2) is 59.5 Å². The maximum absolute atomic E-state index is 12.9. The number of nitrogens with one attached hydrogen (secondary N) is 2. The molecule has 1 aliphatic carbocycles. The van der Waals surface area contributed by atoms with Gasteiger partial charge in [0.2, 0.25) is 10.0 Å². The molecular formula is C22H25N3O4S. The lowest BCUT2D eigenvalue weighted by Crippen LogP contribution is -2.40. The van der Waals surface area contributed by atoms with E-state index in [1.54, 1.807) is 12.1 Å². The van der Waals surface area contributed by atoms with E-state index >= 15 is 0 Å². The summed E-state index contributed by atoms with van der Waals surface area (Å²) in [4.78, 5) is 12.8. The van der Waals surface area contributed by atoms with Crippen LogP contribution in [0.5, 0.6) is 0 Å². The topological polar surface area (TPSA) is 87.7 Å². The average molecular weight is 428 g/mol. The number of benzene rings is 2. The molecule has 0 spiro atoms. The lowest BCUT2D eigenvalue weighted by atomic mass is 10.0. The predicted molar refractivity (Wildman–Crippen MR) is 114 cm³/mol. The van der Waals surface area contributed by atoms with Crippen molar-refractivity contribution < 1.29 is 17.9 Å². The number of carbonyl (C=O) groups excluding carboxylic acids is 1. The minimum atomic E-state index is -3.66. The number of aryl methyl sites for hydroxylation is 1. The number of carbonyl (C=O) groups is 1. The molecular weight excluding hydrogens is 402 g/mol. The van der Waals surface area contributed by atoms with E-state index in [0.29, 0.717) is 26.3 Å². The zero-order chi connectivity index (χ0) is 21.0. The second-order valence-electron chi connectivity index (χ2n) is 7.29. The molecule has 0 radical (unpaired) electrons. The monoisotopic (exact) mass is 427 g/mol. The van der Waals surface area contributed by atoms with Crippen molar-refractivity contribution in [2.75, 3.05) is 26.3 Å². The van der Waals surface area contributed by atoms with Crippen LogP contribution in [0.25, 0.3) is 5.70 Å². The van der Waals surface area contributed by atoms with Crippen LogP contribution >= 0.6 is 0 Å². The molecule has 0 unspecified atom stereocenters. The highest BCUT2D eigenvalue weighted by Crippen LogP contribution is 2.23. The van der Waals surface area contributed by atoms with Crippen molar-refractivity contribution in [2.45, 2.75) is 24.2 Å². The van der Waals surface area contributed by atoms with E-state index < -0.39 is 15.9 Å². The van der Waals surface area contributed by atoms with Crippen molar-refractivity contribution in [2.24, 2.45) is 0 Å². The standard InChI is InChI=1S/C22H25N3O4S/c26-22(24-23-21-11-4-2-7-17-6-1-3-10-20(17)21)18-8-5-9-19(16-18)30(27,28)25-12-14-29-15-13-25/h1,3,5-6,8-11,16,23H,2,4,7,12-15H2,(H,24,26). The number of hydrazine groups is 1. The van der Waals surface area contributed by atoms with Crippen LogP contribution in [0.2, 0.25) is 0 Å². The third-order valence-electron chi connectivity index (χ3n) is 5.32. The van der Waals surface area contributed by atoms with Gasteiger partial charge < -0.3 is 4.74 Å². The first-order valence-electron chi connectivity index (χ1n) is 10.1. The van der Waals surface area contributed by atoms with E-state index in [1.165, 1.54) is 22.0 Å². The molecule has 30 heavy (non-hydrogen) atoms. The fourth-order valence-electron chi connectivity index (χ4n) is 3.70. The molecule has 2 aliphatic rings. The minimum Gasteiger partial charge on any atom is -0.379 e. The molecule has 8 heteroatoms. The summed E-state index contributed by atoms with van der Waals surface area (Å²) >= 11 is 0. The number of morpholine rings is 1. The molecule has 1 fully saturated rings. The number of ether oxygens (including phenoxy) is 1. The van der Waals surface area contributed by atoms with Gasteiger partial charge in [0.1, 0.15) is 0 Å². The minimum absolute atomic E-state index is 0.107. The molecule has 0 bridgehead atoms. The lowest BCUT2D eigenvalue weighted by molar-refractivity contribution is 0.0730. The summed E-state index contributed by atoms with van der Waals surface area (Å²) in [5, 5.41) is 0. The predicted octanol–water partition coefficient (Wildman–Crippen LogP) is 2.32. The Morgan fingerprint density at radius 3 is 2.67 bits per heavy atom. The van der Waals surface area contributed by atoms with Gasteiger partial charge in [-0.05, 0) is 43.0 Å². The summed E-state index contributed by atoms with van der Waals surface area (Å²) in [6, 6.07) is 14.2. The van der Waals surface area contributed by atoms with Crippen LogP contribution in [0.3, 0.4) is 0 Å². The summed E-state index contributed by atoms with van der Waals surface area (Å²) in [7, 11) is -3.66. The van der Waals surface area contributed by atoms with Gasteiger partial charge in [0, 0.05) is 24.2 Å². The molecule has 1 saturated heterocycles. The number of allylic oxidation sites excluding steroid dienone is 1. The SMILES string of the molecule is O=C(NNC1=CCCCc2ccccc21)c1cccc(S(=O)(=O)N2CCOCC2)c1. The quantitative estimate of drug-likeness (QED) is 0.715. The van der Waals surface area contributed by atoms with Crippen LogP contribution in [-0.4, -0.2) is 44.9 Å². The second kappa shape index (κ2) is 8.99. The van der Waals surface area contributed by atoms with Crippen LogP contribution in [0.1, 0.15) is 34.3 Å². The van der Waals surface area contributed by atoms with Crippen molar-refractivity contribution in [3.63, 3.8) is 0 Å². The van der Waals surface area contributed by atoms with Gasteiger partial charge in [-0.15, -0.1) is 0 Å². The summed E-state index contributed by atoms with van der Waals surface area (Å²) < 4.78 is 32.3. The fraction of sp³-hybridized carbons (Fsp3) is 0.318. The Kier molecular flexibility index (Phi) is 6.17. The van der Waals surface area contributed by atoms with Gasteiger partial charge in [-0.25, -0.2) is 8.42 Å². The Labute approximate surface area is 176 Å². The lowest BCUT2D eigenvalue weighted by Gasteiger charge is -2.26. The number of rotatable bonds is 5. The van der Waals surface area contributed by atoms with Gasteiger partial charge in [0.15, 0.2) is 0 Å². The van der Waals surface area contributed by atoms with E-state index in [4.69, 9.17) is 4.74 Å². The van der Waals surface area contributed by atoms with Crippen molar-refractivity contribution in [1.82, 2.24) is 15.2 Å². The molecule has 0 atom stereocenters. The highest BCUT2D eigenvalue weighted by molar-refractivity contribution is 7.89. The molecule has 2 aromatic rings. The van der Waals surface area contributed by atoms with Crippen LogP contribution in [-0.2, 0) is 21.2 Å². The van der Waals surface area contributed by atoms with Crippen molar-refractivity contribution >= 4 is 21.6 Å². The molecule has 1 aliphatic heterocycles. The molecule has 1 heterocycles. The highest BCUT2D eigenvalue weighted by atomic mass is 32.2. The van der Waals surface area contributed by atoms with Gasteiger partial charge in [-0.1, -0.05) is 36.4 Å². The maximum Gasteiger partial charge on any atom is 0.269 e. The Bertz CT molecular complexity index is 1060. The Morgan fingerprint density at radius 1 is 1.03 bits per heavy atom. The number of hydrogen-bond donors (Lipinski definition) is 2. The van der Waals surface area contributed by atoms with Gasteiger partial charge in [0.05, 0.1) is 23.8 Å². The van der Waals surface area contributed by atoms with Crippen molar-refractivity contribution in [3.8, 4) is 0 Å². The van der Waals surface area contributed by atoms with E-state index in [0.717, 1.165) is 30.5 Å². The Hall–Kier alpha value is -2.68. The van der Waals surface area contributed by atoms with Gasteiger partial charge in [0.25, 0.3) is 5.91 Å². The van der Waals surface area contributed by atoms with E-state index in [-0.39, 0.29) is 10.5 Å². The highest BCUT2D eigenvalue weighted by Gasteiger charge is 2.27. The summed E-state index contributed by atoms with van der Waals surface area (Å²) in [6.45, 7) is 1.38. The van der Waals surface area contributed by atoms with E-state index in [1.807, 2.05) is 18.2 Å². The number of hydrogen-bond acceptors (Lipinski definition) is 5. The smallest absolute Gasteiger partial charge is 0.269 e. The molecule has 7 nitrogen and oxygen atoms in total. The largest absolute Gasteiger partial charge is 0.379 e. The first kappa shape index (κ1) is 20.6. The third kappa shape index (κ3) is 4.40. The second-order valence-corrected chi connectivity index (χ2v) is 9.23. The normalized spacial score (nSPS) is 17.4. The van der Waals surface area contributed by atoms with Crippen LogP contribution < -0.4 is 10.9 Å². The van der Waals surface area contributed by atoms with Crippen molar-refractivity contribution in [3.05, 3.63) is 71.3 Å². The number of nitrogens with zero attached hydrogens (tertiary/aromatic N) is 1. The summed E-state index contributed by atoms with van der Waals surface area (Å²) in [5.41, 5.74) is 9.17. The molecule has 0 aromatic heterocycles. The first-order valence-corrected chi connectivity index (χ1v) is 11.5. The van der Waals surface area contributed by atoms with E-state index in [9.17, 15) is 13.2 Å². The first-order chi connectivity index (χ1) is 14.6. The Balaban J connectivity index is 1.48. The number of sulfonamides is 1. The zero-order valence-electron chi connectivity index (χ0n) is 16.6. The van der Waals surface area contributed by atoms with Gasteiger partial charge in [-0.2, -0.15) is 4.31 Å². The Morgan fingerprint density at radius 2 is 1.83 bits per heavy atom. The third-order valence-corrected chi connectivity index (χ3v) is 7.22.